The highest BCUT2D eigenvalue weighted by atomic mass is 16.5. The first-order chi connectivity index (χ1) is 5.61. The molecule has 0 aromatic carbocycles. The lowest BCUT2D eigenvalue weighted by molar-refractivity contribution is -0.143. The van der Waals surface area contributed by atoms with Crippen molar-refractivity contribution < 1.29 is 19.1 Å². The van der Waals surface area contributed by atoms with Gasteiger partial charge < -0.3 is 9.47 Å². The summed E-state index contributed by atoms with van der Waals surface area (Å²) in [5, 5.41) is 0. The molecule has 4 nitrogen and oxygen atoms in total. The van der Waals surface area contributed by atoms with Crippen LogP contribution in [0.2, 0.25) is 0 Å². The van der Waals surface area contributed by atoms with Crippen molar-refractivity contribution in [3.8, 4) is 0 Å². The Morgan fingerprint density at radius 3 is 2.42 bits per heavy atom. The normalized spacial score (nSPS) is 8.83. The first kappa shape index (κ1) is 10.7. The molecule has 4 heteroatoms. The van der Waals surface area contributed by atoms with Gasteiger partial charge in [0.05, 0.1) is 12.7 Å². The largest absolute Gasteiger partial charge is 0.466 e. The van der Waals surface area contributed by atoms with Crippen LogP contribution in [0.25, 0.3) is 0 Å². The molecule has 0 spiro atoms. The third-order valence-corrected chi connectivity index (χ3v) is 1.17. The Kier molecular flexibility index (Phi) is 4.76. The van der Waals surface area contributed by atoms with E-state index in [1.165, 1.54) is 7.11 Å². The van der Waals surface area contributed by atoms with Crippen LogP contribution in [0.3, 0.4) is 0 Å². The predicted molar refractivity (Wildman–Crippen MR) is 42.4 cm³/mol. The van der Waals surface area contributed by atoms with Crippen molar-refractivity contribution >= 4 is 11.9 Å². The van der Waals surface area contributed by atoms with Crippen LogP contribution in [0.1, 0.15) is 13.3 Å². The fraction of sp³-hybridized carbons (Fsp3) is 0.500. The van der Waals surface area contributed by atoms with Crippen molar-refractivity contribution in [2.75, 3.05) is 13.7 Å². The molecule has 0 saturated heterocycles. The Balaban J connectivity index is 3.72. The number of carbonyl (C=O) groups excluding carboxylic acids is 2. The zero-order valence-corrected chi connectivity index (χ0v) is 7.25. The smallest absolute Gasteiger partial charge is 0.336 e. The Morgan fingerprint density at radius 1 is 1.42 bits per heavy atom. The minimum atomic E-state index is -0.557. The summed E-state index contributed by atoms with van der Waals surface area (Å²) < 4.78 is 8.98. The number of carbonyl (C=O) groups is 2. The van der Waals surface area contributed by atoms with E-state index in [-0.39, 0.29) is 24.6 Å². The van der Waals surface area contributed by atoms with E-state index >= 15 is 0 Å². The fourth-order valence-electron chi connectivity index (χ4n) is 0.473. The number of hydrogen-bond acceptors (Lipinski definition) is 4. The summed E-state index contributed by atoms with van der Waals surface area (Å²) >= 11 is 0. The molecule has 0 amide bonds. The second-order valence-corrected chi connectivity index (χ2v) is 2.11. The van der Waals surface area contributed by atoms with Crippen molar-refractivity contribution in [1.82, 2.24) is 0 Å². The molecule has 0 atom stereocenters. The zero-order valence-electron chi connectivity index (χ0n) is 7.25. The minimum absolute atomic E-state index is 0.0979. The number of esters is 2. The molecule has 0 aromatic rings. The van der Waals surface area contributed by atoms with Gasteiger partial charge in [-0.05, 0) is 0 Å². The average molecular weight is 172 g/mol. The molecule has 0 saturated carbocycles. The van der Waals surface area contributed by atoms with E-state index in [0.29, 0.717) is 0 Å². The van der Waals surface area contributed by atoms with Gasteiger partial charge >= 0.3 is 11.9 Å². The Bertz CT molecular complexity index is 195. The van der Waals surface area contributed by atoms with Crippen molar-refractivity contribution in [2.24, 2.45) is 0 Å². The Labute approximate surface area is 71.2 Å². The number of methoxy groups -OCH3 is 1. The Hall–Kier alpha value is -1.32. The van der Waals surface area contributed by atoms with Crippen LogP contribution in [-0.2, 0) is 19.1 Å². The van der Waals surface area contributed by atoms with Crippen LogP contribution in [0, 0.1) is 0 Å². The lowest BCUT2D eigenvalue weighted by Gasteiger charge is -2.03. The van der Waals surface area contributed by atoms with Gasteiger partial charge in [0.25, 0.3) is 0 Å². The summed E-state index contributed by atoms with van der Waals surface area (Å²) in [5.41, 5.74) is 0.138. The molecule has 0 aromatic heterocycles. The third kappa shape index (κ3) is 3.75. The molecular formula is C8H12O4. The maximum absolute atomic E-state index is 10.7. The van der Waals surface area contributed by atoms with E-state index in [1.54, 1.807) is 6.92 Å². The molecule has 0 aliphatic heterocycles. The van der Waals surface area contributed by atoms with Crippen molar-refractivity contribution in [1.29, 1.82) is 0 Å². The maximum Gasteiger partial charge on any atom is 0.336 e. The van der Waals surface area contributed by atoms with E-state index in [1.807, 2.05) is 0 Å². The van der Waals surface area contributed by atoms with Gasteiger partial charge in [0.15, 0.2) is 0 Å². The second kappa shape index (κ2) is 5.35. The van der Waals surface area contributed by atoms with E-state index in [4.69, 9.17) is 0 Å². The first-order valence-electron chi connectivity index (χ1n) is 3.53. The van der Waals surface area contributed by atoms with Crippen LogP contribution >= 0.6 is 0 Å². The molecule has 68 valence electrons. The highest BCUT2D eigenvalue weighted by Gasteiger charge is 2.08. The van der Waals surface area contributed by atoms with Crippen molar-refractivity contribution in [3.63, 3.8) is 0 Å². The number of rotatable bonds is 4. The van der Waals surface area contributed by atoms with E-state index in [2.05, 4.69) is 16.1 Å². The fourth-order valence-corrected chi connectivity index (χ4v) is 0.473. The second-order valence-electron chi connectivity index (χ2n) is 2.11. The molecule has 0 rings (SSSR count). The van der Waals surface area contributed by atoms with Gasteiger partial charge in [-0.15, -0.1) is 0 Å². The van der Waals surface area contributed by atoms with Gasteiger partial charge in [-0.3, -0.25) is 4.79 Å². The van der Waals surface area contributed by atoms with Crippen LogP contribution < -0.4 is 0 Å². The summed E-state index contributed by atoms with van der Waals surface area (Å²) in [6, 6.07) is 0. The van der Waals surface area contributed by atoms with Crippen LogP contribution in [0.15, 0.2) is 12.2 Å². The van der Waals surface area contributed by atoms with Crippen molar-refractivity contribution in [2.45, 2.75) is 13.3 Å². The van der Waals surface area contributed by atoms with E-state index < -0.39 is 5.97 Å². The predicted octanol–water partition coefficient (Wildman–Crippen LogP) is 0.669. The summed E-state index contributed by atoms with van der Waals surface area (Å²) in [6.07, 6.45) is 0.286. The lowest BCUT2D eigenvalue weighted by Crippen LogP contribution is -2.12. The topological polar surface area (TPSA) is 52.6 Å². The maximum atomic E-state index is 10.7. The zero-order chi connectivity index (χ0) is 9.56. The van der Waals surface area contributed by atoms with Gasteiger partial charge in [-0.25, -0.2) is 4.79 Å². The summed E-state index contributed by atoms with van der Waals surface area (Å²) in [4.78, 5) is 21.3. The van der Waals surface area contributed by atoms with Gasteiger partial charge in [-0.1, -0.05) is 13.5 Å². The Morgan fingerprint density at radius 2 is 2.00 bits per heavy atom. The van der Waals surface area contributed by atoms with Crippen LogP contribution in [0.4, 0.5) is 0 Å². The summed E-state index contributed by atoms with van der Waals surface area (Å²) in [5.74, 6) is -0.918. The van der Waals surface area contributed by atoms with Crippen LogP contribution in [-0.4, -0.2) is 25.7 Å². The molecule has 0 unspecified atom stereocenters. The molecule has 12 heavy (non-hydrogen) atoms. The molecule has 0 N–H and O–H groups in total. The minimum Gasteiger partial charge on any atom is -0.466 e. The SMILES string of the molecule is C=C(COC(=O)CC)C(=O)OC. The van der Waals surface area contributed by atoms with Gasteiger partial charge in [-0.2, -0.15) is 0 Å². The van der Waals surface area contributed by atoms with Crippen molar-refractivity contribution in [3.05, 3.63) is 12.2 Å². The standard InChI is InChI=1S/C8H12O4/c1-4-7(9)12-5-6(2)8(10)11-3/h2,4-5H2,1,3H3. The third-order valence-electron chi connectivity index (χ3n) is 1.17. The molecule has 0 heterocycles. The molecule has 0 bridgehead atoms. The molecule has 0 aliphatic rings. The quantitative estimate of drug-likeness (QED) is 0.462. The summed E-state index contributed by atoms with van der Waals surface area (Å²) in [7, 11) is 1.25. The highest BCUT2D eigenvalue weighted by molar-refractivity contribution is 5.88. The molecule has 0 fully saturated rings. The monoisotopic (exact) mass is 172 g/mol. The summed E-state index contributed by atoms with van der Waals surface area (Å²) in [6.45, 7) is 4.95. The first-order valence-corrected chi connectivity index (χ1v) is 3.53. The van der Waals surface area contributed by atoms with E-state index in [0.717, 1.165) is 0 Å². The van der Waals surface area contributed by atoms with Gasteiger partial charge in [0, 0.05) is 6.42 Å². The number of ether oxygens (including phenoxy) is 2. The van der Waals surface area contributed by atoms with Crippen LogP contribution in [0.5, 0.6) is 0 Å². The molecule has 0 aliphatic carbocycles. The average Bonchev–Trinajstić information content (AvgIpc) is 2.11. The lowest BCUT2D eigenvalue weighted by atomic mass is 10.3. The highest BCUT2D eigenvalue weighted by Crippen LogP contribution is 1.95. The van der Waals surface area contributed by atoms with Gasteiger partial charge in [0.2, 0.25) is 0 Å². The number of hydrogen-bond donors (Lipinski definition) is 0. The van der Waals surface area contributed by atoms with Gasteiger partial charge in [0.1, 0.15) is 6.61 Å². The van der Waals surface area contributed by atoms with E-state index in [9.17, 15) is 9.59 Å². The molecular weight excluding hydrogens is 160 g/mol. The molecule has 0 radical (unpaired) electrons.